The van der Waals surface area contributed by atoms with Gasteiger partial charge in [0.1, 0.15) is 0 Å². The Bertz CT molecular complexity index is 455. The number of fused-ring (bicyclic) bond motifs is 1. The summed E-state index contributed by atoms with van der Waals surface area (Å²) >= 11 is 0. The van der Waals surface area contributed by atoms with Crippen molar-refractivity contribution in [3.05, 3.63) is 17.7 Å². The van der Waals surface area contributed by atoms with Crippen LogP contribution < -0.4 is 14.2 Å². The average molecular weight is 266 g/mol. The fraction of sp³-hybridized carbons (Fsp3) is 0.500. The van der Waals surface area contributed by atoms with Crippen molar-refractivity contribution in [3.8, 4) is 17.2 Å². The number of hydrogen-bond acceptors (Lipinski definition) is 5. The molecule has 0 saturated heterocycles. The molecular weight excluding hydrogens is 248 g/mol. The maximum absolute atomic E-state index is 11.5. The van der Waals surface area contributed by atoms with E-state index in [1.54, 1.807) is 7.11 Å². The van der Waals surface area contributed by atoms with Crippen LogP contribution in [0.3, 0.4) is 0 Å². The molecule has 1 aromatic rings. The summed E-state index contributed by atoms with van der Waals surface area (Å²) in [7, 11) is 1.58. The van der Waals surface area contributed by atoms with Gasteiger partial charge in [0.2, 0.25) is 12.5 Å². The van der Waals surface area contributed by atoms with Crippen LogP contribution in [-0.2, 0) is 16.0 Å². The fourth-order valence-electron chi connectivity index (χ4n) is 1.86. The van der Waals surface area contributed by atoms with Crippen LogP contribution in [0, 0.1) is 0 Å². The number of ether oxygens (including phenoxy) is 4. The first-order valence-electron chi connectivity index (χ1n) is 6.36. The molecule has 0 spiro atoms. The number of carbonyl (C=O) groups is 1. The Morgan fingerprint density at radius 3 is 2.95 bits per heavy atom. The van der Waals surface area contributed by atoms with Crippen LogP contribution in [0.4, 0.5) is 0 Å². The van der Waals surface area contributed by atoms with E-state index in [1.807, 2.05) is 19.1 Å². The van der Waals surface area contributed by atoms with Gasteiger partial charge in [0.25, 0.3) is 0 Å². The summed E-state index contributed by atoms with van der Waals surface area (Å²) in [6.45, 7) is 2.65. The molecule has 0 aliphatic carbocycles. The topological polar surface area (TPSA) is 54.0 Å². The maximum atomic E-state index is 11.5. The summed E-state index contributed by atoms with van der Waals surface area (Å²) in [5, 5.41) is 0. The van der Waals surface area contributed by atoms with Crippen LogP contribution in [0.15, 0.2) is 12.1 Å². The van der Waals surface area contributed by atoms with E-state index in [0.717, 1.165) is 12.0 Å². The van der Waals surface area contributed by atoms with Crippen molar-refractivity contribution in [1.82, 2.24) is 0 Å². The minimum Gasteiger partial charge on any atom is -0.493 e. The molecule has 2 rings (SSSR count). The van der Waals surface area contributed by atoms with Gasteiger partial charge in [-0.25, -0.2) is 0 Å². The second kappa shape index (κ2) is 6.31. The Kier molecular flexibility index (Phi) is 4.49. The Morgan fingerprint density at radius 1 is 1.37 bits per heavy atom. The lowest BCUT2D eigenvalue weighted by Crippen LogP contribution is -2.06. The van der Waals surface area contributed by atoms with Gasteiger partial charge >= 0.3 is 5.97 Å². The summed E-state index contributed by atoms with van der Waals surface area (Å²) in [6.07, 6.45) is 1.78. The largest absolute Gasteiger partial charge is 0.493 e. The van der Waals surface area contributed by atoms with Crippen LogP contribution in [-0.4, -0.2) is 26.5 Å². The van der Waals surface area contributed by atoms with E-state index in [-0.39, 0.29) is 12.8 Å². The van der Waals surface area contributed by atoms with Gasteiger partial charge in [-0.3, -0.25) is 4.79 Å². The van der Waals surface area contributed by atoms with E-state index < -0.39 is 0 Å². The molecule has 1 heterocycles. The molecule has 0 N–H and O–H groups in total. The third-order valence-electron chi connectivity index (χ3n) is 2.80. The van der Waals surface area contributed by atoms with Gasteiger partial charge in [0, 0.05) is 6.42 Å². The number of benzene rings is 1. The molecule has 0 fully saturated rings. The highest BCUT2D eigenvalue weighted by atomic mass is 16.7. The van der Waals surface area contributed by atoms with Crippen LogP contribution in [0.1, 0.15) is 25.3 Å². The molecule has 0 bridgehead atoms. The zero-order valence-electron chi connectivity index (χ0n) is 11.2. The molecule has 0 amide bonds. The van der Waals surface area contributed by atoms with E-state index in [4.69, 9.17) is 18.9 Å². The van der Waals surface area contributed by atoms with Gasteiger partial charge in [-0.2, -0.15) is 0 Å². The van der Waals surface area contributed by atoms with Crippen molar-refractivity contribution in [2.24, 2.45) is 0 Å². The SMILES string of the molecule is CCCOC(=O)CCc1cc(OC)c2c(c1)OCO2. The average Bonchev–Trinajstić information content (AvgIpc) is 2.90. The Balaban J connectivity index is 1.99. The second-order valence-corrected chi connectivity index (χ2v) is 4.25. The summed E-state index contributed by atoms with van der Waals surface area (Å²) in [6, 6.07) is 3.73. The molecule has 0 saturated carbocycles. The Morgan fingerprint density at radius 2 is 2.21 bits per heavy atom. The quantitative estimate of drug-likeness (QED) is 0.739. The minimum atomic E-state index is -0.182. The Labute approximate surface area is 112 Å². The second-order valence-electron chi connectivity index (χ2n) is 4.25. The summed E-state index contributed by atoms with van der Waals surface area (Å²) < 4.78 is 20.9. The molecule has 0 unspecified atom stereocenters. The standard InChI is InChI=1S/C14H18O5/c1-3-6-17-13(15)5-4-10-7-11(16-2)14-12(8-10)18-9-19-14/h7-8H,3-6,9H2,1-2H3. The van der Waals surface area contributed by atoms with Crippen LogP contribution in [0.25, 0.3) is 0 Å². The highest BCUT2D eigenvalue weighted by Gasteiger charge is 2.20. The predicted octanol–water partition coefficient (Wildman–Crippen LogP) is 2.31. The molecule has 0 aromatic heterocycles. The lowest BCUT2D eigenvalue weighted by Gasteiger charge is -2.08. The number of carbonyl (C=O) groups excluding carboxylic acids is 1. The van der Waals surface area contributed by atoms with E-state index in [2.05, 4.69) is 0 Å². The summed E-state index contributed by atoms with van der Waals surface area (Å²) in [5.41, 5.74) is 0.967. The third kappa shape index (κ3) is 3.30. The molecule has 1 aliphatic rings. The molecule has 1 aromatic carbocycles. The molecule has 104 valence electrons. The maximum Gasteiger partial charge on any atom is 0.306 e. The van der Waals surface area contributed by atoms with Crippen molar-refractivity contribution in [2.45, 2.75) is 26.2 Å². The van der Waals surface area contributed by atoms with Crippen molar-refractivity contribution < 1.29 is 23.7 Å². The van der Waals surface area contributed by atoms with Crippen molar-refractivity contribution >= 4 is 5.97 Å². The number of rotatable bonds is 6. The highest BCUT2D eigenvalue weighted by molar-refractivity contribution is 5.70. The normalized spacial score (nSPS) is 12.3. The van der Waals surface area contributed by atoms with E-state index >= 15 is 0 Å². The first-order valence-corrected chi connectivity index (χ1v) is 6.36. The van der Waals surface area contributed by atoms with E-state index in [1.165, 1.54) is 0 Å². The summed E-state index contributed by atoms with van der Waals surface area (Å²) in [5.74, 6) is 1.74. The zero-order valence-corrected chi connectivity index (χ0v) is 11.2. The lowest BCUT2D eigenvalue weighted by atomic mass is 10.1. The predicted molar refractivity (Wildman–Crippen MR) is 68.7 cm³/mol. The third-order valence-corrected chi connectivity index (χ3v) is 2.80. The van der Waals surface area contributed by atoms with Crippen LogP contribution >= 0.6 is 0 Å². The van der Waals surface area contributed by atoms with Gasteiger partial charge < -0.3 is 18.9 Å². The van der Waals surface area contributed by atoms with Gasteiger partial charge in [-0.15, -0.1) is 0 Å². The number of methoxy groups -OCH3 is 1. The fourth-order valence-corrected chi connectivity index (χ4v) is 1.86. The molecule has 0 atom stereocenters. The number of esters is 1. The smallest absolute Gasteiger partial charge is 0.306 e. The monoisotopic (exact) mass is 266 g/mol. The number of aryl methyl sites for hydroxylation is 1. The number of hydrogen-bond donors (Lipinski definition) is 0. The summed E-state index contributed by atoms with van der Waals surface area (Å²) in [4.78, 5) is 11.5. The van der Waals surface area contributed by atoms with Gasteiger partial charge in [0.05, 0.1) is 13.7 Å². The van der Waals surface area contributed by atoms with Gasteiger partial charge in [-0.05, 0) is 30.5 Å². The van der Waals surface area contributed by atoms with E-state index in [0.29, 0.717) is 36.7 Å². The van der Waals surface area contributed by atoms with Gasteiger partial charge in [-0.1, -0.05) is 6.92 Å². The van der Waals surface area contributed by atoms with Gasteiger partial charge in [0.15, 0.2) is 11.5 Å². The van der Waals surface area contributed by atoms with Crippen molar-refractivity contribution in [2.75, 3.05) is 20.5 Å². The van der Waals surface area contributed by atoms with Crippen molar-refractivity contribution in [3.63, 3.8) is 0 Å². The molecular formula is C14H18O5. The van der Waals surface area contributed by atoms with E-state index in [9.17, 15) is 4.79 Å². The molecule has 5 heteroatoms. The molecule has 19 heavy (non-hydrogen) atoms. The zero-order chi connectivity index (χ0) is 13.7. The minimum absolute atomic E-state index is 0.182. The highest BCUT2D eigenvalue weighted by Crippen LogP contribution is 2.41. The molecule has 5 nitrogen and oxygen atoms in total. The first kappa shape index (κ1) is 13.5. The van der Waals surface area contributed by atoms with Crippen molar-refractivity contribution in [1.29, 1.82) is 0 Å². The Hall–Kier alpha value is -1.91. The molecule has 0 radical (unpaired) electrons. The lowest BCUT2D eigenvalue weighted by molar-refractivity contribution is -0.143. The molecule has 1 aliphatic heterocycles. The van der Waals surface area contributed by atoms with Crippen LogP contribution in [0.2, 0.25) is 0 Å². The van der Waals surface area contributed by atoms with Crippen LogP contribution in [0.5, 0.6) is 17.2 Å². The first-order chi connectivity index (χ1) is 9.24.